The maximum Gasteiger partial charge on any atom is 0.249 e. The SMILES string of the molecule is NC(=O)c1cc(SCC(=O)N2CCN(CCOc3ccccc3)CC2)nc2ccccc12. The number of aromatic nitrogens is 1. The minimum absolute atomic E-state index is 0.0748. The maximum absolute atomic E-state index is 12.7. The molecular formula is C24H26N4O3S. The van der Waals surface area contributed by atoms with Gasteiger partial charge in [0.05, 0.1) is 21.9 Å². The van der Waals surface area contributed by atoms with E-state index in [1.165, 1.54) is 11.8 Å². The minimum atomic E-state index is -0.496. The average molecular weight is 451 g/mol. The van der Waals surface area contributed by atoms with Crippen molar-refractivity contribution in [2.75, 3.05) is 45.1 Å². The molecule has 0 atom stereocenters. The maximum atomic E-state index is 12.7. The van der Waals surface area contributed by atoms with Crippen molar-refractivity contribution in [1.82, 2.24) is 14.8 Å². The van der Waals surface area contributed by atoms with E-state index in [-0.39, 0.29) is 11.7 Å². The third-order valence-electron chi connectivity index (χ3n) is 5.45. The van der Waals surface area contributed by atoms with Gasteiger partial charge in [-0.15, -0.1) is 0 Å². The van der Waals surface area contributed by atoms with Crippen molar-refractivity contribution in [1.29, 1.82) is 0 Å². The molecule has 2 heterocycles. The van der Waals surface area contributed by atoms with Gasteiger partial charge in [0.25, 0.3) is 0 Å². The van der Waals surface area contributed by atoms with Crippen molar-refractivity contribution in [2.45, 2.75) is 5.03 Å². The third kappa shape index (κ3) is 5.57. The number of ether oxygens (including phenoxy) is 1. The van der Waals surface area contributed by atoms with Gasteiger partial charge in [0.15, 0.2) is 0 Å². The zero-order chi connectivity index (χ0) is 22.3. The van der Waals surface area contributed by atoms with Crippen LogP contribution in [0.5, 0.6) is 5.75 Å². The normalized spacial score (nSPS) is 14.4. The summed E-state index contributed by atoms with van der Waals surface area (Å²) in [7, 11) is 0. The van der Waals surface area contributed by atoms with Crippen LogP contribution in [0.25, 0.3) is 10.9 Å². The number of para-hydroxylation sites is 2. The van der Waals surface area contributed by atoms with Gasteiger partial charge in [-0.1, -0.05) is 48.2 Å². The molecule has 166 valence electrons. The number of piperazine rings is 1. The van der Waals surface area contributed by atoms with Crippen LogP contribution in [0, 0.1) is 0 Å². The van der Waals surface area contributed by atoms with Crippen molar-refractivity contribution < 1.29 is 14.3 Å². The number of nitrogens with two attached hydrogens (primary N) is 1. The molecule has 1 aromatic heterocycles. The largest absolute Gasteiger partial charge is 0.492 e. The highest BCUT2D eigenvalue weighted by molar-refractivity contribution is 7.99. The van der Waals surface area contributed by atoms with E-state index in [4.69, 9.17) is 10.5 Å². The summed E-state index contributed by atoms with van der Waals surface area (Å²) in [6.07, 6.45) is 0. The van der Waals surface area contributed by atoms with Crippen molar-refractivity contribution in [3.63, 3.8) is 0 Å². The van der Waals surface area contributed by atoms with Crippen LogP contribution >= 0.6 is 11.8 Å². The molecule has 0 spiro atoms. The van der Waals surface area contributed by atoms with Crippen LogP contribution in [0.2, 0.25) is 0 Å². The number of rotatable bonds is 8. The fraction of sp³-hybridized carbons (Fsp3) is 0.292. The van der Waals surface area contributed by atoms with E-state index >= 15 is 0 Å². The van der Waals surface area contributed by atoms with Crippen LogP contribution in [0.15, 0.2) is 65.7 Å². The number of primary amides is 1. The molecule has 7 nitrogen and oxygen atoms in total. The van der Waals surface area contributed by atoms with Crippen LogP contribution in [-0.2, 0) is 4.79 Å². The van der Waals surface area contributed by atoms with Gasteiger partial charge in [0.1, 0.15) is 12.4 Å². The molecule has 1 aliphatic heterocycles. The Balaban J connectivity index is 1.25. The highest BCUT2D eigenvalue weighted by atomic mass is 32.2. The predicted molar refractivity (Wildman–Crippen MR) is 126 cm³/mol. The number of nitrogens with zero attached hydrogens (tertiary/aromatic N) is 3. The summed E-state index contributed by atoms with van der Waals surface area (Å²) in [6.45, 7) is 4.51. The molecule has 32 heavy (non-hydrogen) atoms. The molecular weight excluding hydrogens is 424 g/mol. The molecule has 0 aliphatic carbocycles. The summed E-state index contributed by atoms with van der Waals surface area (Å²) < 4.78 is 5.76. The molecule has 0 radical (unpaired) electrons. The zero-order valence-corrected chi connectivity index (χ0v) is 18.6. The molecule has 1 saturated heterocycles. The Morgan fingerprint density at radius 2 is 1.72 bits per heavy atom. The fourth-order valence-electron chi connectivity index (χ4n) is 3.69. The van der Waals surface area contributed by atoms with Crippen molar-refractivity contribution >= 4 is 34.5 Å². The first-order chi connectivity index (χ1) is 15.6. The summed E-state index contributed by atoms with van der Waals surface area (Å²) in [5, 5.41) is 1.35. The summed E-state index contributed by atoms with van der Waals surface area (Å²) in [6, 6.07) is 18.8. The number of carbonyl (C=O) groups is 2. The first kappa shape index (κ1) is 22.1. The van der Waals surface area contributed by atoms with E-state index < -0.39 is 5.91 Å². The number of benzene rings is 2. The minimum Gasteiger partial charge on any atom is -0.492 e. The lowest BCUT2D eigenvalue weighted by Gasteiger charge is -2.34. The Labute approximate surface area is 191 Å². The van der Waals surface area contributed by atoms with Crippen molar-refractivity contribution in [3.8, 4) is 5.75 Å². The van der Waals surface area contributed by atoms with E-state index in [2.05, 4.69) is 9.88 Å². The monoisotopic (exact) mass is 450 g/mol. The standard InChI is InChI=1S/C24H26N4O3S/c25-24(30)20-16-22(26-21-9-5-4-8-19(20)21)32-17-23(29)28-12-10-27(11-13-28)14-15-31-18-6-2-1-3-7-18/h1-9,16H,10-15,17H2,(H2,25,30). The lowest BCUT2D eigenvalue weighted by atomic mass is 10.1. The van der Waals surface area contributed by atoms with Gasteiger partial charge in [-0.3, -0.25) is 14.5 Å². The van der Waals surface area contributed by atoms with E-state index in [0.717, 1.165) is 30.8 Å². The average Bonchev–Trinajstić information content (AvgIpc) is 2.83. The molecule has 2 N–H and O–H groups in total. The van der Waals surface area contributed by atoms with Gasteiger partial charge in [0, 0.05) is 38.1 Å². The van der Waals surface area contributed by atoms with E-state index in [0.29, 0.717) is 35.8 Å². The summed E-state index contributed by atoms with van der Waals surface area (Å²) in [5.41, 5.74) is 6.66. The number of carbonyl (C=O) groups excluding carboxylic acids is 2. The third-order valence-corrected chi connectivity index (χ3v) is 6.34. The second-order valence-electron chi connectivity index (χ2n) is 7.56. The number of hydrogen-bond donors (Lipinski definition) is 1. The van der Waals surface area contributed by atoms with E-state index in [1.807, 2.05) is 59.5 Å². The molecule has 1 fully saturated rings. The quantitative estimate of drug-likeness (QED) is 0.531. The first-order valence-corrected chi connectivity index (χ1v) is 11.6. The number of hydrogen-bond acceptors (Lipinski definition) is 6. The van der Waals surface area contributed by atoms with E-state index in [1.54, 1.807) is 6.07 Å². The molecule has 2 aromatic carbocycles. The lowest BCUT2D eigenvalue weighted by molar-refractivity contribution is -0.130. The number of fused-ring (bicyclic) bond motifs is 1. The Morgan fingerprint density at radius 3 is 2.47 bits per heavy atom. The Bertz CT molecular complexity index is 1090. The van der Waals surface area contributed by atoms with Crippen LogP contribution in [0.3, 0.4) is 0 Å². The van der Waals surface area contributed by atoms with Gasteiger partial charge < -0.3 is 15.4 Å². The fourth-order valence-corrected chi connectivity index (χ4v) is 4.50. The van der Waals surface area contributed by atoms with E-state index in [9.17, 15) is 9.59 Å². The predicted octanol–water partition coefficient (Wildman–Crippen LogP) is 2.65. The smallest absolute Gasteiger partial charge is 0.249 e. The molecule has 0 unspecified atom stereocenters. The summed E-state index contributed by atoms with van der Waals surface area (Å²) in [5.74, 6) is 0.732. The second-order valence-corrected chi connectivity index (χ2v) is 8.56. The van der Waals surface area contributed by atoms with Gasteiger partial charge in [0.2, 0.25) is 11.8 Å². The molecule has 3 aromatic rings. The van der Waals surface area contributed by atoms with Gasteiger partial charge >= 0.3 is 0 Å². The highest BCUT2D eigenvalue weighted by Crippen LogP contribution is 2.24. The number of pyridine rings is 1. The Hall–Kier alpha value is -3.10. The van der Waals surface area contributed by atoms with Crippen molar-refractivity contribution in [3.05, 3.63) is 66.2 Å². The van der Waals surface area contributed by atoms with Gasteiger partial charge in [-0.05, 0) is 24.3 Å². The van der Waals surface area contributed by atoms with Crippen molar-refractivity contribution in [2.24, 2.45) is 5.73 Å². The van der Waals surface area contributed by atoms with Gasteiger partial charge in [-0.2, -0.15) is 0 Å². The molecule has 0 saturated carbocycles. The molecule has 0 bridgehead atoms. The zero-order valence-electron chi connectivity index (χ0n) is 17.8. The van der Waals surface area contributed by atoms with Crippen LogP contribution in [-0.4, -0.2) is 71.7 Å². The summed E-state index contributed by atoms with van der Waals surface area (Å²) >= 11 is 1.34. The number of thioether (sulfide) groups is 1. The van der Waals surface area contributed by atoms with Crippen LogP contribution < -0.4 is 10.5 Å². The number of amides is 2. The van der Waals surface area contributed by atoms with Crippen LogP contribution in [0.4, 0.5) is 0 Å². The second kappa shape index (κ2) is 10.5. The molecule has 8 heteroatoms. The molecule has 2 amide bonds. The highest BCUT2D eigenvalue weighted by Gasteiger charge is 2.21. The lowest BCUT2D eigenvalue weighted by Crippen LogP contribution is -2.50. The first-order valence-electron chi connectivity index (χ1n) is 10.6. The van der Waals surface area contributed by atoms with Crippen LogP contribution in [0.1, 0.15) is 10.4 Å². The molecule has 4 rings (SSSR count). The van der Waals surface area contributed by atoms with Gasteiger partial charge in [-0.25, -0.2) is 4.98 Å². The molecule has 1 aliphatic rings. The summed E-state index contributed by atoms with van der Waals surface area (Å²) in [4.78, 5) is 33.3. The Morgan fingerprint density at radius 1 is 1.00 bits per heavy atom. The Kier molecular flexibility index (Phi) is 7.24. The topological polar surface area (TPSA) is 88.8 Å².